The first kappa shape index (κ1) is 9.64. The minimum absolute atomic E-state index is 0.494. The highest BCUT2D eigenvalue weighted by molar-refractivity contribution is 5.94. The molecule has 15 heavy (non-hydrogen) atoms. The number of hydrogen-bond acceptors (Lipinski definition) is 3. The Balaban J connectivity index is 1.79. The molecule has 0 radical (unpaired) electrons. The number of nitrogens with zero attached hydrogens (tertiary/aromatic N) is 2. The molecule has 1 saturated heterocycles. The van der Waals surface area contributed by atoms with Crippen molar-refractivity contribution in [3.8, 4) is 0 Å². The lowest BCUT2D eigenvalue weighted by Crippen LogP contribution is -2.47. The standard InChI is InChI=1S/C12H20N2O/c15-13-11-9-4-5-10(8-9)12(11)14-6-2-1-3-7-14/h9-10,12,15H,1-8H2/b13-11-/t9-,10-,12+/m0/s1. The highest BCUT2D eigenvalue weighted by Crippen LogP contribution is 2.45. The molecule has 3 aliphatic rings. The second-order valence-electron chi connectivity index (χ2n) is 5.34. The summed E-state index contributed by atoms with van der Waals surface area (Å²) in [5.74, 6) is 1.39. The topological polar surface area (TPSA) is 35.8 Å². The van der Waals surface area contributed by atoms with Crippen molar-refractivity contribution in [3.05, 3.63) is 0 Å². The number of rotatable bonds is 1. The molecule has 84 valence electrons. The fourth-order valence-electron chi connectivity index (χ4n) is 3.88. The Kier molecular flexibility index (Phi) is 2.43. The van der Waals surface area contributed by atoms with E-state index < -0.39 is 0 Å². The van der Waals surface area contributed by atoms with E-state index in [1.54, 1.807) is 0 Å². The molecule has 2 saturated carbocycles. The lowest BCUT2D eigenvalue weighted by Gasteiger charge is -2.37. The van der Waals surface area contributed by atoms with Gasteiger partial charge in [0.05, 0.1) is 11.8 Å². The summed E-state index contributed by atoms with van der Waals surface area (Å²) in [6, 6.07) is 0.494. The minimum Gasteiger partial charge on any atom is -0.411 e. The molecule has 2 bridgehead atoms. The van der Waals surface area contributed by atoms with Crippen molar-refractivity contribution in [1.82, 2.24) is 4.90 Å². The molecule has 1 heterocycles. The summed E-state index contributed by atoms with van der Waals surface area (Å²) < 4.78 is 0. The number of oxime groups is 1. The van der Waals surface area contributed by atoms with Gasteiger partial charge in [0.1, 0.15) is 0 Å². The van der Waals surface area contributed by atoms with Crippen LogP contribution < -0.4 is 0 Å². The van der Waals surface area contributed by atoms with Gasteiger partial charge in [0, 0.05) is 5.92 Å². The molecule has 0 unspecified atom stereocenters. The quantitative estimate of drug-likeness (QED) is 0.529. The highest BCUT2D eigenvalue weighted by Gasteiger charge is 2.47. The predicted octanol–water partition coefficient (Wildman–Crippen LogP) is 2.10. The number of likely N-dealkylation sites (tertiary alicyclic amines) is 1. The molecule has 0 aromatic heterocycles. The van der Waals surface area contributed by atoms with Crippen LogP contribution in [0, 0.1) is 11.8 Å². The molecule has 0 spiro atoms. The molecule has 0 aromatic rings. The molecule has 1 N–H and O–H groups in total. The van der Waals surface area contributed by atoms with Gasteiger partial charge in [-0.05, 0) is 51.1 Å². The average Bonchev–Trinajstić information content (AvgIpc) is 2.89. The fourth-order valence-corrected chi connectivity index (χ4v) is 3.88. The zero-order valence-electron chi connectivity index (χ0n) is 9.23. The van der Waals surface area contributed by atoms with Crippen LogP contribution >= 0.6 is 0 Å². The molecular weight excluding hydrogens is 188 g/mol. The van der Waals surface area contributed by atoms with Gasteiger partial charge in [0.15, 0.2) is 0 Å². The third kappa shape index (κ3) is 1.48. The number of hydrogen-bond donors (Lipinski definition) is 1. The molecule has 2 aliphatic carbocycles. The number of piperidine rings is 1. The highest BCUT2D eigenvalue weighted by atomic mass is 16.4. The van der Waals surface area contributed by atoms with E-state index in [1.807, 2.05) is 0 Å². The normalized spacial score (nSPS) is 44.0. The van der Waals surface area contributed by atoms with E-state index in [0.29, 0.717) is 12.0 Å². The van der Waals surface area contributed by atoms with Crippen LogP contribution in [0.15, 0.2) is 5.16 Å². The molecule has 0 aromatic carbocycles. The molecular formula is C12H20N2O. The van der Waals surface area contributed by atoms with Gasteiger partial charge in [0.25, 0.3) is 0 Å². The summed E-state index contributed by atoms with van der Waals surface area (Å²) in [5.41, 5.74) is 1.10. The Bertz CT molecular complexity index is 271. The van der Waals surface area contributed by atoms with Crippen LogP contribution in [0.5, 0.6) is 0 Å². The lowest BCUT2D eigenvalue weighted by atomic mass is 9.91. The van der Waals surface area contributed by atoms with Crippen LogP contribution in [0.3, 0.4) is 0 Å². The Labute approximate surface area is 91.1 Å². The molecule has 3 rings (SSSR count). The zero-order valence-corrected chi connectivity index (χ0v) is 9.23. The van der Waals surface area contributed by atoms with Crippen LogP contribution in [0.25, 0.3) is 0 Å². The van der Waals surface area contributed by atoms with Gasteiger partial charge in [-0.2, -0.15) is 0 Å². The van der Waals surface area contributed by atoms with Gasteiger partial charge in [-0.15, -0.1) is 0 Å². The van der Waals surface area contributed by atoms with Crippen LogP contribution in [0.2, 0.25) is 0 Å². The van der Waals surface area contributed by atoms with E-state index in [9.17, 15) is 0 Å². The van der Waals surface area contributed by atoms with Gasteiger partial charge < -0.3 is 5.21 Å². The Morgan fingerprint density at radius 3 is 2.67 bits per heavy atom. The summed E-state index contributed by atoms with van der Waals surface area (Å²) in [4.78, 5) is 2.57. The Morgan fingerprint density at radius 1 is 1.13 bits per heavy atom. The molecule has 3 nitrogen and oxygen atoms in total. The summed E-state index contributed by atoms with van der Waals surface area (Å²) >= 11 is 0. The van der Waals surface area contributed by atoms with Crippen molar-refractivity contribution < 1.29 is 5.21 Å². The van der Waals surface area contributed by atoms with E-state index in [1.165, 1.54) is 51.6 Å². The molecule has 1 aliphatic heterocycles. The molecule has 3 heteroatoms. The monoisotopic (exact) mass is 208 g/mol. The number of fused-ring (bicyclic) bond motifs is 2. The van der Waals surface area contributed by atoms with Gasteiger partial charge in [-0.25, -0.2) is 0 Å². The first-order valence-electron chi connectivity index (χ1n) is 6.36. The van der Waals surface area contributed by atoms with E-state index in [4.69, 9.17) is 5.21 Å². The average molecular weight is 208 g/mol. The summed E-state index contributed by atoms with van der Waals surface area (Å²) in [6.45, 7) is 2.43. The van der Waals surface area contributed by atoms with Gasteiger partial charge in [0.2, 0.25) is 0 Å². The van der Waals surface area contributed by atoms with Crippen molar-refractivity contribution in [3.63, 3.8) is 0 Å². The smallest absolute Gasteiger partial charge is 0.0775 e. The summed E-state index contributed by atoms with van der Waals surface area (Å²) in [6.07, 6.45) is 7.92. The third-order valence-corrected chi connectivity index (χ3v) is 4.54. The first-order valence-corrected chi connectivity index (χ1v) is 6.36. The van der Waals surface area contributed by atoms with Crippen molar-refractivity contribution in [2.75, 3.05) is 13.1 Å². The maximum Gasteiger partial charge on any atom is 0.0775 e. The van der Waals surface area contributed by atoms with Crippen LogP contribution in [-0.2, 0) is 0 Å². The third-order valence-electron chi connectivity index (χ3n) is 4.54. The fraction of sp³-hybridized carbons (Fsp3) is 0.917. The summed E-state index contributed by atoms with van der Waals surface area (Å²) in [5, 5.41) is 12.8. The second-order valence-corrected chi connectivity index (χ2v) is 5.34. The Morgan fingerprint density at radius 2 is 1.93 bits per heavy atom. The zero-order chi connectivity index (χ0) is 10.3. The Hall–Kier alpha value is -0.570. The van der Waals surface area contributed by atoms with Crippen LogP contribution in [0.4, 0.5) is 0 Å². The predicted molar refractivity (Wildman–Crippen MR) is 59.3 cm³/mol. The van der Waals surface area contributed by atoms with Crippen molar-refractivity contribution in [2.24, 2.45) is 17.0 Å². The van der Waals surface area contributed by atoms with Gasteiger partial charge in [-0.3, -0.25) is 4.90 Å². The van der Waals surface area contributed by atoms with E-state index in [-0.39, 0.29) is 0 Å². The molecule has 0 amide bonds. The molecule has 3 atom stereocenters. The van der Waals surface area contributed by atoms with Crippen LogP contribution in [-0.4, -0.2) is 35.0 Å². The van der Waals surface area contributed by atoms with E-state index in [0.717, 1.165) is 11.6 Å². The van der Waals surface area contributed by atoms with E-state index in [2.05, 4.69) is 10.1 Å². The SMILES string of the molecule is O/N=C1/[C@H]2CC[C@@H](C2)[C@H]1N1CCCCC1. The first-order chi connectivity index (χ1) is 7.40. The van der Waals surface area contributed by atoms with Crippen LogP contribution in [0.1, 0.15) is 38.5 Å². The van der Waals surface area contributed by atoms with Gasteiger partial charge in [-0.1, -0.05) is 11.6 Å². The minimum atomic E-state index is 0.494. The summed E-state index contributed by atoms with van der Waals surface area (Å²) in [7, 11) is 0. The van der Waals surface area contributed by atoms with Crippen molar-refractivity contribution in [1.29, 1.82) is 0 Å². The van der Waals surface area contributed by atoms with E-state index >= 15 is 0 Å². The molecule has 3 fully saturated rings. The maximum atomic E-state index is 9.15. The largest absolute Gasteiger partial charge is 0.411 e. The maximum absolute atomic E-state index is 9.15. The second kappa shape index (κ2) is 3.78. The van der Waals surface area contributed by atoms with Crippen molar-refractivity contribution >= 4 is 5.71 Å². The van der Waals surface area contributed by atoms with Gasteiger partial charge >= 0.3 is 0 Å². The van der Waals surface area contributed by atoms with Crippen molar-refractivity contribution in [2.45, 2.75) is 44.6 Å². The lowest BCUT2D eigenvalue weighted by molar-refractivity contribution is 0.162.